The molecule has 1 fully saturated rings. The van der Waals surface area contributed by atoms with Crippen LogP contribution in [0.15, 0.2) is 24.3 Å². The number of nitrogens with one attached hydrogen (secondary N) is 1. The van der Waals surface area contributed by atoms with Crippen molar-refractivity contribution in [1.82, 2.24) is 5.32 Å². The lowest BCUT2D eigenvalue weighted by atomic mass is 10.1. The van der Waals surface area contributed by atoms with E-state index in [1.165, 1.54) is 12.8 Å². The fraction of sp³-hybridized carbons (Fsp3) is 0.588. The monoisotopic (exact) mass is 326 g/mol. The summed E-state index contributed by atoms with van der Waals surface area (Å²) in [6.07, 6.45) is 2.77. The van der Waals surface area contributed by atoms with E-state index in [1.54, 1.807) is 0 Å². The maximum absolute atomic E-state index is 12.0. The summed E-state index contributed by atoms with van der Waals surface area (Å²) >= 11 is 0. The molecule has 0 radical (unpaired) electrons. The number of nitrogens with two attached hydrogens (primary N) is 1. The second-order valence-electron chi connectivity index (χ2n) is 6.27. The van der Waals surface area contributed by atoms with Crippen molar-refractivity contribution in [1.29, 1.82) is 0 Å². The molecule has 1 amide bonds. The first kappa shape index (κ1) is 18.8. The second-order valence-corrected chi connectivity index (χ2v) is 6.27. The van der Waals surface area contributed by atoms with Crippen LogP contribution in [-0.2, 0) is 11.2 Å². The van der Waals surface area contributed by atoms with E-state index in [9.17, 15) is 4.79 Å². The Kier molecular flexibility index (Phi) is 7.69. The van der Waals surface area contributed by atoms with Gasteiger partial charge in [0.2, 0.25) is 5.91 Å². The van der Waals surface area contributed by atoms with Crippen LogP contribution in [0.1, 0.15) is 32.3 Å². The Morgan fingerprint density at radius 2 is 1.95 bits per heavy atom. The Hall–Kier alpha value is -1.26. The Morgan fingerprint density at radius 3 is 2.45 bits per heavy atom. The van der Waals surface area contributed by atoms with E-state index in [4.69, 9.17) is 10.5 Å². The predicted molar refractivity (Wildman–Crippen MR) is 91.4 cm³/mol. The molecule has 0 spiro atoms. The first-order valence-electron chi connectivity index (χ1n) is 7.79. The van der Waals surface area contributed by atoms with Gasteiger partial charge in [0.1, 0.15) is 5.75 Å². The molecule has 5 heteroatoms. The van der Waals surface area contributed by atoms with Gasteiger partial charge in [0.25, 0.3) is 0 Å². The summed E-state index contributed by atoms with van der Waals surface area (Å²) in [5, 5.41) is 3.04. The molecule has 1 atom stereocenters. The number of hydrogen-bond acceptors (Lipinski definition) is 3. The van der Waals surface area contributed by atoms with Crippen LogP contribution < -0.4 is 15.8 Å². The van der Waals surface area contributed by atoms with Crippen LogP contribution in [0.25, 0.3) is 0 Å². The van der Waals surface area contributed by atoms with Gasteiger partial charge in [0.05, 0.1) is 13.0 Å². The van der Waals surface area contributed by atoms with Crippen LogP contribution in [0.3, 0.4) is 0 Å². The molecule has 2 rings (SSSR count). The first-order valence-corrected chi connectivity index (χ1v) is 7.79. The third-order valence-electron chi connectivity index (χ3n) is 3.66. The van der Waals surface area contributed by atoms with Crippen LogP contribution in [0.2, 0.25) is 0 Å². The van der Waals surface area contributed by atoms with E-state index >= 15 is 0 Å². The van der Waals surface area contributed by atoms with Gasteiger partial charge >= 0.3 is 0 Å². The van der Waals surface area contributed by atoms with Crippen molar-refractivity contribution in [3.8, 4) is 5.75 Å². The van der Waals surface area contributed by atoms with E-state index in [0.29, 0.717) is 31.4 Å². The average molecular weight is 327 g/mol. The van der Waals surface area contributed by atoms with Gasteiger partial charge in [0.15, 0.2) is 0 Å². The minimum Gasteiger partial charge on any atom is -0.493 e. The van der Waals surface area contributed by atoms with Crippen LogP contribution in [0, 0.1) is 11.8 Å². The summed E-state index contributed by atoms with van der Waals surface area (Å²) in [4.78, 5) is 12.0. The standard InChI is InChI=1S/C17H26N2O2.ClH/c1-12(2)11-21-15-7-3-13(4-8-15)9-17(20)19-16(10-18)14-5-6-14;/h3-4,7-8,12,14,16H,5-6,9-11,18H2,1-2H3,(H,19,20);1H. The van der Waals surface area contributed by atoms with Crippen molar-refractivity contribution in [2.24, 2.45) is 17.6 Å². The van der Waals surface area contributed by atoms with Gasteiger partial charge < -0.3 is 15.8 Å². The highest BCUT2D eigenvalue weighted by Gasteiger charge is 2.31. The summed E-state index contributed by atoms with van der Waals surface area (Å²) < 4.78 is 5.63. The number of halogens is 1. The Balaban J connectivity index is 0.00000242. The largest absolute Gasteiger partial charge is 0.493 e. The summed E-state index contributed by atoms with van der Waals surface area (Å²) in [5.74, 6) is 2.00. The smallest absolute Gasteiger partial charge is 0.224 e. The van der Waals surface area contributed by atoms with E-state index in [2.05, 4.69) is 19.2 Å². The Morgan fingerprint density at radius 1 is 1.32 bits per heavy atom. The van der Waals surface area contributed by atoms with Crippen molar-refractivity contribution in [2.45, 2.75) is 39.2 Å². The molecule has 1 aliphatic rings. The number of rotatable bonds is 8. The van der Waals surface area contributed by atoms with Gasteiger partial charge in [-0.05, 0) is 42.4 Å². The molecule has 0 aromatic heterocycles. The quantitative estimate of drug-likeness (QED) is 0.771. The average Bonchev–Trinajstić information content (AvgIpc) is 3.28. The molecular formula is C17H27ClN2O2. The van der Waals surface area contributed by atoms with Crippen LogP contribution >= 0.6 is 12.4 Å². The van der Waals surface area contributed by atoms with Gasteiger partial charge in [-0.25, -0.2) is 0 Å². The molecule has 3 N–H and O–H groups in total. The lowest BCUT2D eigenvalue weighted by molar-refractivity contribution is -0.121. The fourth-order valence-electron chi connectivity index (χ4n) is 2.28. The minimum atomic E-state index is 0. The van der Waals surface area contributed by atoms with Crippen LogP contribution in [0.5, 0.6) is 5.75 Å². The van der Waals surface area contributed by atoms with Gasteiger partial charge in [-0.1, -0.05) is 26.0 Å². The van der Waals surface area contributed by atoms with Crippen molar-refractivity contribution in [3.63, 3.8) is 0 Å². The van der Waals surface area contributed by atoms with Crippen molar-refractivity contribution < 1.29 is 9.53 Å². The number of carbonyl (C=O) groups excluding carboxylic acids is 1. The maximum Gasteiger partial charge on any atom is 0.224 e. The fourth-order valence-corrected chi connectivity index (χ4v) is 2.28. The molecule has 1 aromatic carbocycles. The molecule has 22 heavy (non-hydrogen) atoms. The second kappa shape index (κ2) is 9.01. The molecule has 0 aliphatic heterocycles. The maximum atomic E-state index is 12.0. The first-order chi connectivity index (χ1) is 10.1. The van der Waals surface area contributed by atoms with Gasteiger partial charge in [-0.3, -0.25) is 4.79 Å². The summed E-state index contributed by atoms with van der Waals surface area (Å²) in [5.41, 5.74) is 6.70. The Bertz CT molecular complexity index is 458. The normalized spacial score (nSPS) is 15.1. The number of amides is 1. The number of benzene rings is 1. The summed E-state index contributed by atoms with van der Waals surface area (Å²) in [6, 6.07) is 7.89. The highest BCUT2D eigenvalue weighted by molar-refractivity contribution is 5.85. The summed E-state index contributed by atoms with van der Waals surface area (Å²) in [6.45, 7) is 5.47. The van der Waals surface area contributed by atoms with E-state index in [0.717, 1.165) is 11.3 Å². The lowest BCUT2D eigenvalue weighted by Gasteiger charge is -2.16. The zero-order chi connectivity index (χ0) is 15.2. The van der Waals surface area contributed by atoms with Gasteiger partial charge in [-0.15, -0.1) is 12.4 Å². The predicted octanol–water partition coefficient (Wildman–Crippen LogP) is 2.54. The van der Waals surface area contributed by atoms with Crippen molar-refractivity contribution in [3.05, 3.63) is 29.8 Å². The Labute approximate surface area is 139 Å². The van der Waals surface area contributed by atoms with Gasteiger partial charge in [0, 0.05) is 12.6 Å². The minimum absolute atomic E-state index is 0. The molecule has 0 heterocycles. The number of hydrogen-bond donors (Lipinski definition) is 2. The van der Waals surface area contributed by atoms with Gasteiger partial charge in [-0.2, -0.15) is 0 Å². The van der Waals surface area contributed by atoms with E-state index < -0.39 is 0 Å². The van der Waals surface area contributed by atoms with Crippen LogP contribution in [0.4, 0.5) is 0 Å². The van der Waals surface area contributed by atoms with Crippen molar-refractivity contribution in [2.75, 3.05) is 13.2 Å². The van der Waals surface area contributed by atoms with Crippen LogP contribution in [-0.4, -0.2) is 25.1 Å². The third kappa shape index (κ3) is 6.24. The molecule has 0 saturated heterocycles. The highest BCUT2D eigenvalue weighted by Crippen LogP contribution is 2.32. The zero-order valence-electron chi connectivity index (χ0n) is 13.4. The number of ether oxygens (including phenoxy) is 1. The van der Waals surface area contributed by atoms with Crippen molar-refractivity contribution >= 4 is 18.3 Å². The van der Waals surface area contributed by atoms with E-state index in [-0.39, 0.29) is 24.4 Å². The topological polar surface area (TPSA) is 64.3 Å². The summed E-state index contributed by atoms with van der Waals surface area (Å²) in [7, 11) is 0. The SMILES string of the molecule is CC(C)COc1ccc(CC(=O)NC(CN)C2CC2)cc1.Cl. The molecule has 124 valence electrons. The molecule has 1 saturated carbocycles. The highest BCUT2D eigenvalue weighted by atomic mass is 35.5. The zero-order valence-corrected chi connectivity index (χ0v) is 14.2. The molecule has 1 aliphatic carbocycles. The van der Waals surface area contributed by atoms with E-state index in [1.807, 2.05) is 24.3 Å². The lowest BCUT2D eigenvalue weighted by Crippen LogP contribution is -2.42. The molecule has 0 bridgehead atoms. The third-order valence-corrected chi connectivity index (χ3v) is 3.66. The molecular weight excluding hydrogens is 300 g/mol. The molecule has 1 unspecified atom stereocenters. The molecule has 1 aromatic rings. The number of carbonyl (C=O) groups is 1. The molecule has 4 nitrogen and oxygen atoms in total.